The van der Waals surface area contributed by atoms with Crippen LogP contribution in [0.5, 0.6) is 0 Å². The second-order valence-corrected chi connectivity index (χ2v) is 8.50. The molecule has 3 rings (SSSR count). The van der Waals surface area contributed by atoms with Gasteiger partial charge in [-0.05, 0) is 24.3 Å². The van der Waals surface area contributed by atoms with E-state index in [1.165, 1.54) is 17.1 Å². The number of likely N-dealkylation sites (N-methyl/N-ethyl adjacent to an activating group) is 1. The molecule has 0 spiro atoms. The smallest absolute Gasteiger partial charge is 0.100 e. The number of thioether (sulfide) groups is 1. The molecule has 0 bridgehead atoms. The minimum absolute atomic E-state index is 0.309. The van der Waals surface area contributed by atoms with E-state index in [1.54, 1.807) is 0 Å². The zero-order chi connectivity index (χ0) is 17.2. The summed E-state index contributed by atoms with van der Waals surface area (Å²) in [4.78, 5) is 10.4. The molecule has 2 heterocycles. The molecule has 1 aromatic rings. The van der Waals surface area contributed by atoms with Gasteiger partial charge in [0.2, 0.25) is 0 Å². The number of quaternary nitrogens is 1. The van der Waals surface area contributed by atoms with Crippen LogP contribution in [0.25, 0.3) is 0 Å². The van der Waals surface area contributed by atoms with Crippen molar-refractivity contribution in [2.45, 2.75) is 16.7 Å². The molecule has 0 saturated carbocycles. The normalized spacial score (nSPS) is 21.7. The largest absolute Gasteiger partial charge is 0.358 e. The zero-order valence-corrected chi connectivity index (χ0v) is 15.8. The van der Waals surface area contributed by atoms with Gasteiger partial charge >= 0.3 is 0 Å². The second-order valence-electron chi connectivity index (χ2n) is 7.34. The standard InChI is InChI=1S/C19H27N4S/c1-21-17-8-5-6-9-18(17)24-19(21)14-16-10-12-22(15-20-16)11-7-13-23(2,3)4/h5-6,8-10,12,14-15,19H,7,11,13H2,1-4H3/q+1. The van der Waals surface area contributed by atoms with E-state index in [-0.39, 0.29) is 0 Å². The molecular formula is C19H27N4S+. The molecule has 0 radical (unpaired) electrons. The molecule has 1 aromatic carbocycles. The van der Waals surface area contributed by atoms with Crippen molar-refractivity contribution in [3.8, 4) is 0 Å². The number of fused-ring (bicyclic) bond motifs is 1. The van der Waals surface area contributed by atoms with Crippen molar-refractivity contribution < 1.29 is 4.48 Å². The van der Waals surface area contributed by atoms with E-state index in [9.17, 15) is 0 Å². The maximum atomic E-state index is 4.62. The number of allylic oxidation sites excluding steroid dienone is 1. The Hall–Kier alpha value is -1.72. The molecule has 0 N–H and O–H groups in total. The quantitative estimate of drug-likeness (QED) is 0.764. The van der Waals surface area contributed by atoms with E-state index in [1.807, 2.05) is 18.1 Å². The van der Waals surface area contributed by atoms with E-state index in [2.05, 4.69) is 85.6 Å². The average molecular weight is 344 g/mol. The van der Waals surface area contributed by atoms with E-state index >= 15 is 0 Å². The van der Waals surface area contributed by atoms with Crippen molar-refractivity contribution in [3.63, 3.8) is 0 Å². The lowest BCUT2D eigenvalue weighted by atomic mass is 10.3. The summed E-state index contributed by atoms with van der Waals surface area (Å²) in [7, 11) is 8.84. The number of hydrogen-bond acceptors (Lipinski definition) is 4. The van der Waals surface area contributed by atoms with Crippen LogP contribution in [-0.4, -0.2) is 62.4 Å². The Kier molecular flexibility index (Phi) is 5.01. The van der Waals surface area contributed by atoms with Gasteiger partial charge in [0.15, 0.2) is 0 Å². The number of hydrogen-bond donors (Lipinski definition) is 0. The van der Waals surface area contributed by atoms with Crippen molar-refractivity contribution >= 4 is 23.8 Å². The Morgan fingerprint density at radius 3 is 2.71 bits per heavy atom. The van der Waals surface area contributed by atoms with Crippen LogP contribution in [0.2, 0.25) is 0 Å². The van der Waals surface area contributed by atoms with Gasteiger partial charge < -0.3 is 14.3 Å². The van der Waals surface area contributed by atoms with E-state index in [0.29, 0.717) is 5.37 Å². The van der Waals surface area contributed by atoms with E-state index in [0.717, 1.165) is 23.1 Å². The third kappa shape index (κ3) is 4.22. The van der Waals surface area contributed by atoms with Crippen LogP contribution in [0.3, 0.4) is 0 Å². The number of rotatable bonds is 5. The maximum absolute atomic E-state index is 4.62. The van der Waals surface area contributed by atoms with Gasteiger partial charge in [0.1, 0.15) is 5.37 Å². The van der Waals surface area contributed by atoms with Gasteiger partial charge in [-0.25, -0.2) is 4.99 Å². The maximum Gasteiger partial charge on any atom is 0.100 e. The van der Waals surface area contributed by atoms with Gasteiger partial charge in [-0.2, -0.15) is 0 Å². The number of nitrogens with zero attached hydrogens (tertiary/aromatic N) is 4. The SMILES string of the molecule is CN1c2ccccc2SC1C=C1C=CN(CCC[N+](C)(C)C)C=N1. The first kappa shape index (κ1) is 17.1. The molecule has 24 heavy (non-hydrogen) atoms. The lowest BCUT2D eigenvalue weighted by Gasteiger charge is -2.25. The van der Waals surface area contributed by atoms with Crippen LogP contribution in [0, 0.1) is 0 Å². The third-order valence-electron chi connectivity index (χ3n) is 4.23. The molecular weight excluding hydrogens is 316 g/mol. The molecule has 128 valence electrons. The molecule has 1 unspecified atom stereocenters. The monoisotopic (exact) mass is 343 g/mol. The Morgan fingerprint density at radius 1 is 1.25 bits per heavy atom. The van der Waals surface area contributed by atoms with Gasteiger partial charge in [0.25, 0.3) is 0 Å². The fourth-order valence-corrected chi connectivity index (χ4v) is 4.07. The molecule has 1 atom stereocenters. The minimum Gasteiger partial charge on any atom is -0.358 e. The number of aliphatic imine (C=N–C) groups is 1. The summed E-state index contributed by atoms with van der Waals surface area (Å²) in [6.07, 6.45) is 9.61. The summed E-state index contributed by atoms with van der Waals surface area (Å²) in [5.41, 5.74) is 2.34. The summed E-state index contributed by atoms with van der Waals surface area (Å²) < 4.78 is 1.01. The fraction of sp³-hybridized carbons (Fsp3) is 0.421. The van der Waals surface area contributed by atoms with Crippen molar-refractivity contribution in [1.29, 1.82) is 0 Å². The molecule has 2 aliphatic rings. The van der Waals surface area contributed by atoms with Gasteiger partial charge in [0.05, 0.1) is 45.4 Å². The summed E-state index contributed by atoms with van der Waals surface area (Å²) in [5, 5.41) is 0.309. The molecule has 4 nitrogen and oxygen atoms in total. The number of para-hydroxylation sites is 1. The Balaban J connectivity index is 1.56. The van der Waals surface area contributed by atoms with Gasteiger partial charge in [-0.1, -0.05) is 23.9 Å². The van der Waals surface area contributed by atoms with Gasteiger partial charge in [0, 0.05) is 31.1 Å². The number of benzene rings is 1. The molecule has 5 heteroatoms. The highest BCUT2D eigenvalue weighted by atomic mass is 32.2. The summed E-state index contributed by atoms with van der Waals surface area (Å²) in [6.45, 7) is 2.19. The molecule has 2 aliphatic heterocycles. The van der Waals surface area contributed by atoms with Gasteiger partial charge in [-0.15, -0.1) is 0 Å². The van der Waals surface area contributed by atoms with Crippen LogP contribution >= 0.6 is 11.8 Å². The van der Waals surface area contributed by atoms with Crippen LogP contribution in [0.4, 0.5) is 5.69 Å². The predicted octanol–water partition coefficient (Wildman–Crippen LogP) is 3.39. The van der Waals surface area contributed by atoms with Crippen LogP contribution in [-0.2, 0) is 0 Å². The van der Waals surface area contributed by atoms with E-state index < -0.39 is 0 Å². The second kappa shape index (κ2) is 7.03. The lowest BCUT2D eigenvalue weighted by Crippen LogP contribution is -2.36. The molecule has 0 aliphatic carbocycles. The van der Waals surface area contributed by atoms with Crippen LogP contribution < -0.4 is 4.90 Å². The summed E-state index contributed by atoms with van der Waals surface area (Å²) >= 11 is 1.88. The van der Waals surface area contributed by atoms with E-state index in [4.69, 9.17) is 0 Å². The lowest BCUT2D eigenvalue weighted by molar-refractivity contribution is -0.870. The predicted molar refractivity (Wildman–Crippen MR) is 104 cm³/mol. The highest BCUT2D eigenvalue weighted by Gasteiger charge is 2.25. The molecule has 0 saturated heterocycles. The third-order valence-corrected chi connectivity index (χ3v) is 5.52. The fourth-order valence-electron chi connectivity index (χ4n) is 2.84. The van der Waals surface area contributed by atoms with Crippen molar-refractivity contribution in [2.24, 2.45) is 4.99 Å². The molecule has 0 fully saturated rings. The highest BCUT2D eigenvalue weighted by molar-refractivity contribution is 8.00. The molecule has 0 amide bonds. The average Bonchev–Trinajstić information content (AvgIpc) is 2.85. The van der Waals surface area contributed by atoms with Crippen molar-refractivity contribution in [1.82, 2.24) is 4.90 Å². The zero-order valence-electron chi connectivity index (χ0n) is 15.0. The first-order valence-electron chi connectivity index (χ1n) is 8.41. The Bertz CT molecular complexity index is 656. The summed E-state index contributed by atoms with van der Waals surface area (Å²) in [6, 6.07) is 8.56. The summed E-state index contributed by atoms with van der Waals surface area (Å²) in [5.74, 6) is 0. The minimum atomic E-state index is 0.309. The highest BCUT2D eigenvalue weighted by Crippen LogP contribution is 2.43. The first-order valence-corrected chi connectivity index (χ1v) is 9.29. The Labute approximate surface area is 149 Å². The van der Waals surface area contributed by atoms with Gasteiger partial charge in [-0.3, -0.25) is 0 Å². The van der Waals surface area contributed by atoms with Crippen LogP contribution in [0.15, 0.2) is 58.2 Å². The van der Waals surface area contributed by atoms with Crippen LogP contribution in [0.1, 0.15) is 6.42 Å². The first-order chi connectivity index (χ1) is 11.4. The van der Waals surface area contributed by atoms with Crippen molar-refractivity contribution in [2.75, 3.05) is 46.2 Å². The topological polar surface area (TPSA) is 18.8 Å². The van der Waals surface area contributed by atoms with Crippen molar-refractivity contribution in [3.05, 3.63) is 48.3 Å². The Morgan fingerprint density at radius 2 is 2.04 bits per heavy atom. The number of anilines is 1. The molecule has 0 aromatic heterocycles.